The first-order valence-electron chi connectivity index (χ1n) is 9.07. The van der Waals surface area contributed by atoms with Crippen molar-refractivity contribution in [2.75, 3.05) is 19.0 Å². The Bertz CT molecular complexity index is 910. The molecular weight excluding hydrogens is 338 g/mol. The Kier molecular flexibility index (Phi) is 5.36. The second-order valence-corrected chi connectivity index (χ2v) is 6.99. The third kappa shape index (κ3) is 4.22. The molecule has 0 saturated carbocycles. The quantitative estimate of drug-likeness (QED) is 0.595. The third-order valence-corrected chi connectivity index (χ3v) is 4.41. The molecule has 27 heavy (non-hydrogen) atoms. The van der Waals surface area contributed by atoms with Crippen molar-refractivity contribution in [3.05, 3.63) is 66.3 Å². The lowest BCUT2D eigenvalue weighted by Gasteiger charge is -2.32. The summed E-state index contributed by atoms with van der Waals surface area (Å²) in [7, 11) is 1.68. The lowest BCUT2D eigenvalue weighted by molar-refractivity contribution is -0.137. The zero-order chi connectivity index (χ0) is 19.4. The van der Waals surface area contributed by atoms with E-state index in [1.807, 2.05) is 30.3 Å². The summed E-state index contributed by atoms with van der Waals surface area (Å²) in [6.45, 7) is 6.36. The summed E-state index contributed by atoms with van der Waals surface area (Å²) in [4.78, 5) is 11.8. The van der Waals surface area contributed by atoms with Gasteiger partial charge in [-0.1, -0.05) is 30.3 Å². The molecule has 3 rings (SSSR count). The van der Waals surface area contributed by atoms with Crippen molar-refractivity contribution in [1.29, 1.82) is 0 Å². The fraction of sp³-hybridized carbons (Fsp3) is 0.261. The normalized spacial score (nSPS) is 14.9. The van der Waals surface area contributed by atoms with Gasteiger partial charge in [0.05, 0.1) is 19.3 Å². The van der Waals surface area contributed by atoms with E-state index in [0.29, 0.717) is 6.61 Å². The van der Waals surface area contributed by atoms with Crippen LogP contribution in [0.4, 0.5) is 5.69 Å². The van der Waals surface area contributed by atoms with Crippen LogP contribution < -0.4 is 10.1 Å². The highest BCUT2D eigenvalue weighted by molar-refractivity contribution is 5.93. The average molecular weight is 363 g/mol. The molecule has 0 fully saturated rings. The zero-order valence-corrected chi connectivity index (χ0v) is 16.2. The van der Waals surface area contributed by atoms with Crippen LogP contribution in [0.25, 0.3) is 16.7 Å². The highest BCUT2D eigenvalue weighted by Crippen LogP contribution is 2.39. The van der Waals surface area contributed by atoms with Gasteiger partial charge in [0.2, 0.25) is 0 Å². The molecule has 0 spiro atoms. The summed E-state index contributed by atoms with van der Waals surface area (Å²) in [5.41, 5.74) is 4.93. The molecule has 0 aromatic heterocycles. The number of ether oxygens (including phenoxy) is 2. The number of esters is 1. The van der Waals surface area contributed by atoms with Crippen molar-refractivity contribution < 1.29 is 14.3 Å². The Hall–Kier alpha value is -3.01. The van der Waals surface area contributed by atoms with E-state index in [0.717, 1.165) is 33.7 Å². The van der Waals surface area contributed by atoms with Gasteiger partial charge in [0.1, 0.15) is 5.75 Å². The van der Waals surface area contributed by atoms with Crippen molar-refractivity contribution in [2.24, 2.45) is 0 Å². The van der Waals surface area contributed by atoms with Gasteiger partial charge >= 0.3 is 5.97 Å². The van der Waals surface area contributed by atoms with E-state index in [1.54, 1.807) is 14.0 Å². The maximum Gasteiger partial charge on any atom is 0.330 e. The number of anilines is 1. The topological polar surface area (TPSA) is 47.6 Å². The van der Waals surface area contributed by atoms with E-state index in [1.165, 1.54) is 6.08 Å². The van der Waals surface area contributed by atoms with Crippen LogP contribution in [0.2, 0.25) is 0 Å². The number of rotatable bonds is 5. The molecule has 1 aliphatic rings. The summed E-state index contributed by atoms with van der Waals surface area (Å²) >= 11 is 0. The number of hydrogen-bond donors (Lipinski definition) is 1. The van der Waals surface area contributed by atoms with Gasteiger partial charge in [-0.3, -0.25) is 0 Å². The minimum absolute atomic E-state index is 0.215. The molecule has 0 unspecified atom stereocenters. The molecule has 140 valence electrons. The molecule has 2 aromatic carbocycles. The maximum absolute atomic E-state index is 11.8. The maximum atomic E-state index is 11.8. The van der Waals surface area contributed by atoms with E-state index >= 15 is 0 Å². The van der Waals surface area contributed by atoms with Crippen LogP contribution in [0.15, 0.2) is 60.7 Å². The Balaban J connectivity index is 2.05. The van der Waals surface area contributed by atoms with Gasteiger partial charge in [0.15, 0.2) is 0 Å². The number of carbonyl (C=O) groups excluding carboxylic acids is 1. The minimum Gasteiger partial charge on any atom is -0.496 e. The highest BCUT2D eigenvalue weighted by atomic mass is 16.5. The first-order valence-corrected chi connectivity index (χ1v) is 9.07. The molecule has 0 bridgehead atoms. The molecule has 1 aliphatic heterocycles. The highest BCUT2D eigenvalue weighted by Gasteiger charge is 2.24. The van der Waals surface area contributed by atoms with Crippen molar-refractivity contribution in [3.8, 4) is 16.9 Å². The first-order chi connectivity index (χ1) is 12.9. The molecule has 2 aromatic rings. The lowest BCUT2D eigenvalue weighted by atomic mass is 9.88. The molecule has 1 N–H and O–H groups in total. The Labute approximate surface area is 160 Å². The van der Waals surface area contributed by atoms with Crippen molar-refractivity contribution in [1.82, 2.24) is 0 Å². The van der Waals surface area contributed by atoms with Gasteiger partial charge in [-0.05, 0) is 56.2 Å². The van der Waals surface area contributed by atoms with Crippen molar-refractivity contribution in [3.63, 3.8) is 0 Å². The van der Waals surface area contributed by atoms with Crippen molar-refractivity contribution in [2.45, 2.75) is 26.3 Å². The summed E-state index contributed by atoms with van der Waals surface area (Å²) in [5.74, 6) is 0.492. The number of para-hydroxylation sites is 1. The van der Waals surface area contributed by atoms with Crippen LogP contribution in [-0.4, -0.2) is 25.2 Å². The van der Waals surface area contributed by atoms with Gasteiger partial charge in [-0.2, -0.15) is 0 Å². The minimum atomic E-state index is -0.336. The summed E-state index contributed by atoms with van der Waals surface area (Å²) in [5, 5.41) is 3.53. The number of fused-ring (bicyclic) bond motifs is 1. The monoisotopic (exact) mass is 363 g/mol. The van der Waals surface area contributed by atoms with Crippen molar-refractivity contribution >= 4 is 17.2 Å². The molecule has 0 amide bonds. The second-order valence-electron chi connectivity index (χ2n) is 6.99. The standard InChI is InChI=1S/C23H25NO3/c1-5-27-22(25)13-11-17-15-23(2,3)24-20-12-10-16(14-19(17)20)18-8-6-7-9-21(18)26-4/h6-15,24H,5H2,1-4H3. The van der Waals surface area contributed by atoms with Crippen LogP contribution in [0.5, 0.6) is 5.75 Å². The molecule has 0 radical (unpaired) electrons. The molecule has 1 heterocycles. The molecule has 0 saturated heterocycles. The van der Waals surface area contributed by atoms with E-state index in [9.17, 15) is 4.79 Å². The average Bonchev–Trinajstić information content (AvgIpc) is 2.65. The van der Waals surface area contributed by atoms with Crippen LogP contribution in [0.1, 0.15) is 26.3 Å². The number of carbonyl (C=O) groups is 1. The van der Waals surface area contributed by atoms with Gasteiger partial charge in [-0.15, -0.1) is 0 Å². The smallest absolute Gasteiger partial charge is 0.330 e. The lowest BCUT2D eigenvalue weighted by Crippen LogP contribution is -2.31. The molecule has 0 aliphatic carbocycles. The fourth-order valence-electron chi connectivity index (χ4n) is 3.28. The summed E-state index contributed by atoms with van der Waals surface area (Å²) < 4.78 is 10.5. The van der Waals surface area contributed by atoms with Gasteiger partial charge in [0.25, 0.3) is 0 Å². The number of benzene rings is 2. The summed E-state index contributed by atoms with van der Waals surface area (Å²) in [6, 6.07) is 14.2. The zero-order valence-electron chi connectivity index (χ0n) is 16.2. The van der Waals surface area contributed by atoms with Gasteiger partial charge in [0, 0.05) is 22.9 Å². The predicted molar refractivity (Wildman–Crippen MR) is 110 cm³/mol. The number of methoxy groups -OCH3 is 1. The largest absolute Gasteiger partial charge is 0.496 e. The number of allylic oxidation sites excluding steroid dienone is 2. The third-order valence-electron chi connectivity index (χ3n) is 4.41. The van der Waals surface area contributed by atoms with Crippen LogP contribution in [0.3, 0.4) is 0 Å². The Morgan fingerprint density at radius 2 is 1.93 bits per heavy atom. The van der Waals surface area contributed by atoms with E-state index in [-0.39, 0.29) is 11.5 Å². The predicted octanol–water partition coefficient (Wildman–Crippen LogP) is 5.07. The van der Waals surface area contributed by atoms with Gasteiger partial charge < -0.3 is 14.8 Å². The van der Waals surface area contributed by atoms with Crippen LogP contribution in [-0.2, 0) is 9.53 Å². The fourth-order valence-corrected chi connectivity index (χ4v) is 3.28. The SMILES string of the molecule is CCOC(=O)C=CC1=CC(C)(C)Nc2ccc(-c3ccccc3OC)cc21. The Morgan fingerprint density at radius 3 is 2.67 bits per heavy atom. The summed E-state index contributed by atoms with van der Waals surface area (Å²) in [6.07, 6.45) is 5.43. The molecule has 4 heteroatoms. The number of hydrogen-bond acceptors (Lipinski definition) is 4. The molecular formula is C23H25NO3. The van der Waals surface area contributed by atoms with E-state index in [2.05, 4.69) is 43.4 Å². The molecule has 0 atom stereocenters. The van der Waals surface area contributed by atoms with E-state index < -0.39 is 0 Å². The Morgan fingerprint density at radius 1 is 1.15 bits per heavy atom. The first kappa shape index (κ1) is 18.8. The van der Waals surface area contributed by atoms with E-state index in [4.69, 9.17) is 9.47 Å². The van der Waals surface area contributed by atoms with Gasteiger partial charge in [-0.25, -0.2) is 4.79 Å². The van der Waals surface area contributed by atoms with Crippen LogP contribution in [0, 0.1) is 0 Å². The second kappa shape index (κ2) is 7.70. The molecule has 4 nitrogen and oxygen atoms in total. The van der Waals surface area contributed by atoms with Crippen LogP contribution >= 0.6 is 0 Å². The number of nitrogens with one attached hydrogen (secondary N) is 1.